The number of amides is 1. The fraction of sp³-hybridized carbons (Fsp3) is 0.0625. The number of H-pyrrole nitrogens is 1. The second-order valence-corrected chi connectivity index (χ2v) is 5.09. The van der Waals surface area contributed by atoms with Crippen molar-refractivity contribution in [3.63, 3.8) is 0 Å². The van der Waals surface area contributed by atoms with E-state index in [2.05, 4.69) is 20.5 Å². The molecule has 0 aliphatic rings. The van der Waals surface area contributed by atoms with Crippen LogP contribution >= 0.6 is 0 Å². The number of nitrogens with zero attached hydrogens (tertiary/aromatic N) is 3. The lowest BCUT2D eigenvalue weighted by Crippen LogP contribution is -2.17. The fourth-order valence-corrected chi connectivity index (χ4v) is 2.33. The van der Waals surface area contributed by atoms with Crippen molar-refractivity contribution in [2.75, 3.05) is 0 Å². The standard InChI is InChI=1S/C16H13N5O3/c1-10-14(9-18-20-16(22)11-3-2-6-17-8-11)13-7-12(21(23)24)4-5-15(13)19-10/h2-9,19H,1H3,(H,20,22)/b18-9+. The normalized spacial score (nSPS) is 11.0. The summed E-state index contributed by atoms with van der Waals surface area (Å²) in [6.07, 6.45) is 4.47. The Kier molecular flexibility index (Phi) is 4.02. The Morgan fingerprint density at radius 3 is 2.96 bits per heavy atom. The van der Waals surface area contributed by atoms with Crippen molar-refractivity contribution < 1.29 is 9.72 Å². The van der Waals surface area contributed by atoms with Crippen LogP contribution in [0, 0.1) is 17.0 Å². The van der Waals surface area contributed by atoms with Crippen LogP contribution in [-0.2, 0) is 0 Å². The smallest absolute Gasteiger partial charge is 0.272 e. The van der Waals surface area contributed by atoms with Gasteiger partial charge in [0.15, 0.2) is 0 Å². The second kappa shape index (κ2) is 6.29. The third-order valence-electron chi connectivity index (χ3n) is 3.51. The molecule has 0 fully saturated rings. The summed E-state index contributed by atoms with van der Waals surface area (Å²) in [6.45, 7) is 1.83. The number of fused-ring (bicyclic) bond motifs is 1. The molecule has 24 heavy (non-hydrogen) atoms. The van der Waals surface area contributed by atoms with Gasteiger partial charge in [0.2, 0.25) is 0 Å². The molecule has 2 heterocycles. The maximum absolute atomic E-state index is 11.9. The summed E-state index contributed by atoms with van der Waals surface area (Å²) in [5.74, 6) is -0.386. The molecular formula is C16H13N5O3. The molecular weight excluding hydrogens is 310 g/mol. The zero-order chi connectivity index (χ0) is 17.1. The Labute approximate surface area is 136 Å². The van der Waals surface area contributed by atoms with Gasteiger partial charge in [-0.15, -0.1) is 0 Å². The van der Waals surface area contributed by atoms with E-state index in [1.54, 1.807) is 24.4 Å². The maximum Gasteiger partial charge on any atom is 0.272 e. The molecule has 8 nitrogen and oxygen atoms in total. The molecule has 0 saturated heterocycles. The maximum atomic E-state index is 11.9. The third-order valence-corrected chi connectivity index (χ3v) is 3.51. The van der Waals surface area contributed by atoms with Gasteiger partial charge in [-0.25, -0.2) is 5.43 Å². The molecule has 3 aromatic rings. The predicted octanol–water partition coefficient (Wildman–Crippen LogP) is 2.54. The number of hydrazone groups is 1. The molecule has 0 bridgehead atoms. The minimum absolute atomic E-state index is 0.00412. The molecule has 0 aliphatic carbocycles. The SMILES string of the molecule is Cc1[nH]c2ccc([N+](=O)[O-])cc2c1/C=N/NC(=O)c1cccnc1. The zero-order valence-corrected chi connectivity index (χ0v) is 12.7. The summed E-state index contributed by atoms with van der Waals surface area (Å²) in [5, 5.41) is 15.5. The summed E-state index contributed by atoms with van der Waals surface area (Å²) in [5.41, 5.74) is 5.03. The van der Waals surface area contributed by atoms with Crippen LogP contribution in [0.4, 0.5) is 5.69 Å². The predicted molar refractivity (Wildman–Crippen MR) is 89.0 cm³/mol. The first-order chi connectivity index (χ1) is 11.6. The minimum atomic E-state index is -0.452. The lowest BCUT2D eigenvalue weighted by atomic mass is 10.1. The van der Waals surface area contributed by atoms with Gasteiger partial charge >= 0.3 is 0 Å². The van der Waals surface area contributed by atoms with Gasteiger partial charge in [0.1, 0.15) is 0 Å². The van der Waals surface area contributed by atoms with E-state index in [0.717, 1.165) is 11.2 Å². The van der Waals surface area contributed by atoms with Crippen LogP contribution in [0.5, 0.6) is 0 Å². The fourth-order valence-electron chi connectivity index (χ4n) is 2.33. The van der Waals surface area contributed by atoms with Crippen molar-refractivity contribution in [1.29, 1.82) is 0 Å². The van der Waals surface area contributed by atoms with E-state index < -0.39 is 4.92 Å². The Morgan fingerprint density at radius 2 is 2.25 bits per heavy atom. The van der Waals surface area contributed by atoms with Gasteiger partial charge in [-0.1, -0.05) is 0 Å². The van der Waals surface area contributed by atoms with Crippen molar-refractivity contribution in [1.82, 2.24) is 15.4 Å². The highest BCUT2D eigenvalue weighted by Crippen LogP contribution is 2.25. The van der Waals surface area contributed by atoms with Crippen molar-refractivity contribution >= 4 is 28.7 Å². The van der Waals surface area contributed by atoms with E-state index in [9.17, 15) is 14.9 Å². The first-order valence-electron chi connectivity index (χ1n) is 7.06. The van der Waals surface area contributed by atoms with Crippen LogP contribution in [0.15, 0.2) is 47.8 Å². The topological polar surface area (TPSA) is 113 Å². The molecule has 0 spiro atoms. The molecule has 8 heteroatoms. The van der Waals surface area contributed by atoms with E-state index >= 15 is 0 Å². The monoisotopic (exact) mass is 323 g/mol. The van der Waals surface area contributed by atoms with Crippen LogP contribution in [0.25, 0.3) is 10.9 Å². The number of hydrogen-bond acceptors (Lipinski definition) is 5. The average molecular weight is 323 g/mol. The number of rotatable bonds is 4. The number of aromatic nitrogens is 2. The molecule has 0 saturated carbocycles. The number of carbonyl (C=O) groups excluding carboxylic acids is 1. The van der Waals surface area contributed by atoms with Gasteiger partial charge in [-0.05, 0) is 25.1 Å². The summed E-state index contributed by atoms with van der Waals surface area (Å²) in [4.78, 5) is 29.4. The molecule has 0 atom stereocenters. The molecule has 2 aromatic heterocycles. The van der Waals surface area contributed by atoms with Gasteiger partial charge in [0.05, 0.1) is 16.7 Å². The molecule has 0 unspecified atom stereocenters. The number of nitro benzene ring substituents is 1. The van der Waals surface area contributed by atoms with Crippen molar-refractivity contribution in [2.45, 2.75) is 6.92 Å². The molecule has 0 radical (unpaired) electrons. The van der Waals surface area contributed by atoms with Gasteiger partial charge in [-0.2, -0.15) is 5.10 Å². The van der Waals surface area contributed by atoms with E-state index in [-0.39, 0.29) is 11.6 Å². The zero-order valence-electron chi connectivity index (χ0n) is 12.7. The van der Waals surface area contributed by atoms with Gasteiger partial charge in [0, 0.05) is 46.7 Å². The van der Waals surface area contributed by atoms with Crippen LogP contribution in [0.1, 0.15) is 21.6 Å². The number of aryl methyl sites for hydroxylation is 1. The van der Waals surface area contributed by atoms with E-state index in [1.165, 1.54) is 24.5 Å². The van der Waals surface area contributed by atoms with Crippen molar-refractivity contribution in [3.05, 3.63) is 69.7 Å². The number of nitrogens with one attached hydrogen (secondary N) is 2. The summed E-state index contributed by atoms with van der Waals surface area (Å²) >= 11 is 0. The Hall–Kier alpha value is -3.55. The highest BCUT2D eigenvalue weighted by Gasteiger charge is 2.12. The lowest BCUT2D eigenvalue weighted by molar-refractivity contribution is -0.384. The van der Waals surface area contributed by atoms with Gasteiger partial charge in [-0.3, -0.25) is 19.9 Å². The van der Waals surface area contributed by atoms with Crippen LogP contribution in [0.3, 0.4) is 0 Å². The number of pyridine rings is 1. The third kappa shape index (κ3) is 2.98. The number of nitro groups is 1. The number of aromatic amines is 1. The molecule has 3 rings (SSSR count). The first kappa shape index (κ1) is 15.3. The minimum Gasteiger partial charge on any atom is -0.358 e. The molecule has 1 aromatic carbocycles. The molecule has 0 aliphatic heterocycles. The summed E-state index contributed by atoms with van der Waals surface area (Å²) in [7, 11) is 0. The largest absolute Gasteiger partial charge is 0.358 e. The van der Waals surface area contributed by atoms with Crippen molar-refractivity contribution in [2.24, 2.45) is 5.10 Å². The molecule has 2 N–H and O–H groups in total. The number of hydrogen-bond donors (Lipinski definition) is 2. The molecule has 120 valence electrons. The van der Waals surface area contributed by atoms with Gasteiger partial charge < -0.3 is 4.98 Å². The Balaban J connectivity index is 1.86. The van der Waals surface area contributed by atoms with Crippen molar-refractivity contribution in [3.8, 4) is 0 Å². The Morgan fingerprint density at radius 1 is 1.42 bits per heavy atom. The quantitative estimate of drug-likeness (QED) is 0.436. The van der Waals surface area contributed by atoms with E-state index in [4.69, 9.17) is 0 Å². The van der Waals surface area contributed by atoms with E-state index in [1.807, 2.05) is 6.92 Å². The number of benzene rings is 1. The van der Waals surface area contributed by atoms with Crippen LogP contribution < -0.4 is 5.43 Å². The van der Waals surface area contributed by atoms with E-state index in [0.29, 0.717) is 16.5 Å². The summed E-state index contributed by atoms with van der Waals surface area (Å²) in [6, 6.07) is 7.83. The average Bonchev–Trinajstić information content (AvgIpc) is 2.90. The molecule has 1 amide bonds. The lowest BCUT2D eigenvalue weighted by Gasteiger charge is -1.98. The first-order valence-corrected chi connectivity index (χ1v) is 7.06. The number of carbonyl (C=O) groups is 1. The second-order valence-electron chi connectivity index (χ2n) is 5.09. The highest BCUT2D eigenvalue weighted by molar-refractivity contribution is 6.02. The van der Waals surface area contributed by atoms with Crippen LogP contribution in [0.2, 0.25) is 0 Å². The van der Waals surface area contributed by atoms with Gasteiger partial charge in [0.25, 0.3) is 11.6 Å². The Bertz CT molecular complexity index is 947. The van der Waals surface area contributed by atoms with Crippen LogP contribution in [-0.4, -0.2) is 27.0 Å². The highest BCUT2D eigenvalue weighted by atomic mass is 16.6. The summed E-state index contributed by atoms with van der Waals surface area (Å²) < 4.78 is 0. The number of non-ortho nitro benzene ring substituents is 1.